The van der Waals surface area contributed by atoms with Gasteiger partial charge in [0.1, 0.15) is 0 Å². The van der Waals surface area contributed by atoms with E-state index < -0.39 is 29.9 Å². The third kappa shape index (κ3) is 11.5. The predicted octanol–water partition coefficient (Wildman–Crippen LogP) is 2.48. The Morgan fingerprint density at radius 3 is 2.50 bits per heavy atom. The smallest absolute Gasteiger partial charge is 0.426 e. The number of benzene rings is 2. The summed E-state index contributed by atoms with van der Waals surface area (Å²) in [6, 6.07) is 13.7. The molecule has 11 nitrogen and oxygen atoms in total. The Morgan fingerprint density at radius 1 is 1.18 bits per heavy atom. The van der Waals surface area contributed by atoms with Crippen LogP contribution >= 0.6 is 0 Å². The number of hydrogen-bond acceptors (Lipinski definition) is 7. The summed E-state index contributed by atoms with van der Waals surface area (Å²) in [5, 5.41) is 33.7. The van der Waals surface area contributed by atoms with Gasteiger partial charge in [-0.25, -0.2) is 15.1 Å². The van der Waals surface area contributed by atoms with Gasteiger partial charge in [-0.05, 0) is 53.7 Å². The number of aliphatic imine (C=N–C) groups is 1. The molecule has 0 radical (unpaired) electrons. The molecule has 0 saturated heterocycles. The summed E-state index contributed by atoms with van der Waals surface area (Å²) in [5.41, 5.74) is 7.99. The molecule has 2 aromatic rings. The molecule has 0 aliphatic heterocycles. The Balaban J connectivity index is 0.00000722. The molecule has 0 fully saturated rings. The van der Waals surface area contributed by atoms with Crippen LogP contribution in [0.3, 0.4) is 0 Å². The lowest BCUT2D eigenvalue weighted by Crippen LogP contribution is -2.49. The molecule has 0 spiro atoms. The molecule has 6 N–H and O–H groups in total. The molecule has 2 aromatic carbocycles. The first-order chi connectivity index (χ1) is 17.5. The summed E-state index contributed by atoms with van der Waals surface area (Å²) >= 11 is 0. The van der Waals surface area contributed by atoms with Gasteiger partial charge in [-0.1, -0.05) is 69.2 Å². The second-order valence-electron chi connectivity index (χ2n) is 9.24. The van der Waals surface area contributed by atoms with Gasteiger partial charge in [0.2, 0.25) is 5.91 Å². The second kappa shape index (κ2) is 16.2. The molecule has 0 heterocycles. The standard InChI is InChI=1S/C25H34BN5O6.CH4/c1-17(2)14-23(26(34)35)29-24(33)21(8-5-13-28-25(27)30-31(36)37)16-22(32)12-10-18-9-11-19-6-3-4-7-20(19)15-18;/h3-4,6-7,9-12,15,17,21,23,34-35H,5,8,13-14,16H2,1-2H3,(H,29,33)(H3,27,28,30);1H4/b12-10+;/t21-,23+;/m1./s1. The van der Waals surface area contributed by atoms with Gasteiger partial charge in [-0.2, -0.15) is 0 Å². The Kier molecular flexibility index (Phi) is 13.7. The minimum atomic E-state index is -1.74. The Labute approximate surface area is 223 Å². The van der Waals surface area contributed by atoms with Crippen LogP contribution in [0.1, 0.15) is 52.5 Å². The van der Waals surface area contributed by atoms with Gasteiger partial charge in [0.15, 0.2) is 10.8 Å². The van der Waals surface area contributed by atoms with Gasteiger partial charge in [0.25, 0.3) is 5.96 Å². The van der Waals surface area contributed by atoms with E-state index >= 15 is 0 Å². The van der Waals surface area contributed by atoms with Crippen molar-refractivity contribution in [1.82, 2.24) is 10.7 Å². The quantitative estimate of drug-likeness (QED) is 0.0473. The van der Waals surface area contributed by atoms with Crippen LogP contribution in [-0.4, -0.2) is 52.3 Å². The zero-order valence-corrected chi connectivity index (χ0v) is 21.0. The molecular weight excluding hydrogens is 489 g/mol. The topological polar surface area (TPSA) is 180 Å². The van der Waals surface area contributed by atoms with Crippen molar-refractivity contribution in [3.63, 3.8) is 0 Å². The number of nitrogens with one attached hydrogen (secondary N) is 2. The van der Waals surface area contributed by atoms with E-state index in [1.54, 1.807) is 11.5 Å². The zero-order valence-electron chi connectivity index (χ0n) is 21.0. The molecule has 2 rings (SSSR count). The first kappa shape index (κ1) is 32.3. The van der Waals surface area contributed by atoms with Crippen molar-refractivity contribution >= 4 is 41.6 Å². The molecule has 0 bridgehead atoms. The fourth-order valence-corrected chi connectivity index (χ4v) is 3.87. The predicted molar refractivity (Wildman–Crippen MR) is 150 cm³/mol. The van der Waals surface area contributed by atoms with E-state index in [2.05, 4.69) is 10.3 Å². The van der Waals surface area contributed by atoms with Crippen LogP contribution in [0.25, 0.3) is 16.8 Å². The van der Waals surface area contributed by atoms with E-state index in [0.29, 0.717) is 12.8 Å². The number of nitro groups is 1. The number of ketones is 1. The highest BCUT2D eigenvalue weighted by atomic mass is 16.7. The Morgan fingerprint density at radius 2 is 1.87 bits per heavy atom. The number of allylic oxidation sites excluding steroid dienone is 1. The van der Waals surface area contributed by atoms with Crippen molar-refractivity contribution in [3.05, 3.63) is 64.2 Å². The number of nitrogens with two attached hydrogens (primary N) is 1. The molecule has 12 heteroatoms. The molecule has 0 aliphatic rings. The number of hydrogen-bond donors (Lipinski definition) is 5. The van der Waals surface area contributed by atoms with E-state index in [4.69, 9.17) is 5.73 Å². The summed E-state index contributed by atoms with van der Waals surface area (Å²) in [6.45, 7) is 3.89. The van der Waals surface area contributed by atoms with Gasteiger partial charge < -0.3 is 21.1 Å². The first-order valence-corrected chi connectivity index (χ1v) is 12.1. The van der Waals surface area contributed by atoms with Gasteiger partial charge in [0, 0.05) is 18.9 Å². The van der Waals surface area contributed by atoms with Crippen molar-refractivity contribution in [1.29, 1.82) is 0 Å². The number of carbonyl (C=O) groups excluding carboxylic acids is 2. The van der Waals surface area contributed by atoms with E-state index in [-0.39, 0.29) is 44.5 Å². The van der Waals surface area contributed by atoms with Crippen LogP contribution < -0.4 is 16.5 Å². The number of nitrogens with zero attached hydrogens (tertiary/aromatic N) is 2. The highest BCUT2D eigenvalue weighted by molar-refractivity contribution is 6.43. The fourth-order valence-electron chi connectivity index (χ4n) is 3.87. The number of rotatable bonds is 14. The molecule has 0 aromatic heterocycles. The van der Waals surface area contributed by atoms with Gasteiger partial charge in [-0.3, -0.25) is 9.59 Å². The van der Waals surface area contributed by atoms with Gasteiger partial charge >= 0.3 is 7.12 Å². The maximum Gasteiger partial charge on any atom is 0.475 e. The van der Waals surface area contributed by atoms with E-state index in [1.165, 1.54) is 6.08 Å². The summed E-state index contributed by atoms with van der Waals surface area (Å²) < 4.78 is 0. The van der Waals surface area contributed by atoms with Crippen LogP contribution in [0, 0.1) is 22.0 Å². The number of fused-ring (bicyclic) bond motifs is 1. The van der Waals surface area contributed by atoms with E-state index in [1.807, 2.05) is 56.3 Å². The molecule has 0 unspecified atom stereocenters. The average molecular weight is 527 g/mol. The summed E-state index contributed by atoms with van der Waals surface area (Å²) in [5.74, 6) is -2.65. The van der Waals surface area contributed by atoms with Gasteiger partial charge in [-0.15, -0.1) is 0 Å². The average Bonchev–Trinajstić information content (AvgIpc) is 2.83. The van der Waals surface area contributed by atoms with Crippen LogP contribution in [0.15, 0.2) is 53.5 Å². The van der Waals surface area contributed by atoms with Crippen LogP contribution in [0.2, 0.25) is 0 Å². The molecular formula is C26H38BN5O6. The monoisotopic (exact) mass is 527 g/mol. The number of guanidine groups is 1. The highest BCUT2D eigenvalue weighted by Gasteiger charge is 2.29. The molecule has 0 aliphatic carbocycles. The normalized spacial score (nSPS) is 13.1. The summed E-state index contributed by atoms with van der Waals surface area (Å²) in [6.07, 6.45) is 3.94. The first-order valence-electron chi connectivity index (χ1n) is 12.1. The fraction of sp³-hybridized carbons (Fsp3) is 0.423. The molecule has 38 heavy (non-hydrogen) atoms. The maximum atomic E-state index is 13.0. The second-order valence-corrected chi connectivity index (χ2v) is 9.24. The van der Waals surface area contributed by atoms with Crippen LogP contribution in [0.5, 0.6) is 0 Å². The summed E-state index contributed by atoms with van der Waals surface area (Å²) in [7, 11) is -1.74. The minimum Gasteiger partial charge on any atom is -0.426 e. The SMILES string of the molecule is C.CC(C)C[C@H](NC(=O)[C@H](CCCN=C(N)N[N+](=O)[O-])CC(=O)/C=C/c1ccc2ccccc2c1)B(O)O. The maximum absolute atomic E-state index is 13.0. The Hall–Kier alpha value is -3.77. The number of carbonyl (C=O) groups is 2. The lowest BCUT2D eigenvalue weighted by molar-refractivity contribution is -0.525. The van der Waals surface area contributed by atoms with Crippen LogP contribution in [-0.2, 0) is 9.59 Å². The van der Waals surface area contributed by atoms with Crippen molar-refractivity contribution in [2.24, 2.45) is 22.6 Å². The van der Waals surface area contributed by atoms with Gasteiger partial charge in [0.05, 0.1) is 5.94 Å². The molecule has 1 amide bonds. The third-order valence-electron chi connectivity index (χ3n) is 5.67. The van der Waals surface area contributed by atoms with Crippen molar-refractivity contribution in [2.75, 3.05) is 6.54 Å². The molecule has 0 saturated carbocycles. The lowest BCUT2D eigenvalue weighted by Gasteiger charge is -2.23. The highest BCUT2D eigenvalue weighted by Crippen LogP contribution is 2.18. The minimum absolute atomic E-state index is 0. The molecule has 2 atom stereocenters. The van der Waals surface area contributed by atoms with E-state index in [9.17, 15) is 29.8 Å². The third-order valence-corrected chi connectivity index (χ3v) is 5.67. The molecule has 206 valence electrons. The van der Waals surface area contributed by atoms with E-state index in [0.717, 1.165) is 16.3 Å². The van der Waals surface area contributed by atoms with Crippen molar-refractivity contribution in [2.45, 2.75) is 52.9 Å². The zero-order chi connectivity index (χ0) is 27.4. The lowest BCUT2D eigenvalue weighted by atomic mass is 9.74. The largest absolute Gasteiger partial charge is 0.475 e. The number of hydrazine groups is 1. The summed E-state index contributed by atoms with van der Waals surface area (Å²) in [4.78, 5) is 40.0. The number of amides is 1. The van der Waals surface area contributed by atoms with Crippen molar-refractivity contribution < 1.29 is 24.7 Å². The van der Waals surface area contributed by atoms with Crippen LogP contribution in [0.4, 0.5) is 0 Å². The van der Waals surface area contributed by atoms with Crippen molar-refractivity contribution in [3.8, 4) is 0 Å². The Bertz CT molecular complexity index is 1140.